The Bertz CT molecular complexity index is 224. The Kier molecular flexibility index (Phi) is 11.7. The van der Waals surface area contributed by atoms with Crippen LogP contribution in [0.5, 0.6) is 0 Å². The number of aliphatic carboxylic acids is 2. The van der Waals surface area contributed by atoms with E-state index in [0.29, 0.717) is 6.42 Å². The molecule has 0 fully saturated rings. The molecule has 1 aliphatic carbocycles. The van der Waals surface area contributed by atoms with E-state index in [-0.39, 0.29) is 12.8 Å². The smallest absolute Gasteiger partial charge is 0.303 e. The molecule has 17 heavy (non-hydrogen) atoms. The minimum atomic E-state index is -0.745. The van der Waals surface area contributed by atoms with Gasteiger partial charge < -0.3 is 20.4 Å². The summed E-state index contributed by atoms with van der Waals surface area (Å²) >= 11 is 0. The van der Waals surface area contributed by atoms with Gasteiger partial charge in [-0.3, -0.25) is 9.59 Å². The van der Waals surface area contributed by atoms with Crippen LogP contribution in [0.4, 0.5) is 0 Å². The number of aliphatic hydroxyl groups is 2. The highest BCUT2D eigenvalue weighted by molar-refractivity contribution is 5.66. The van der Waals surface area contributed by atoms with Crippen molar-refractivity contribution in [2.75, 3.05) is 0 Å². The third-order valence-corrected chi connectivity index (χ3v) is 1.64. The maximum absolute atomic E-state index is 9.37. The molecule has 4 N–H and O–H groups in total. The Labute approximate surface area is 100 Å². The van der Waals surface area contributed by atoms with Gasteiger partial charge in [0, 0.05) is 19.3 Å². The molecule has 0 radical (unpaired) electrons. The number of carbonyl (C=O) groups is 2. The fourth-order valence-corrected chi connectivity index (χ4v) is 0.661. The van der Waals surface area contributed by atoms with Gasteiger partial charge in [-0.1, -0.05) is 26.0 Å². The number of hydrogen-bond donors (Lipinski definition) is 4. The molecule has 1 aliphatic rings. The number of rotatable bonds is 2. The van der Waals surface area contributed by atoms with Gasteiger partial charge in [-0.15, -0.1) is 0 Å². The van der Waals surface area contributed by atoms with Gasteiger partial charge >= 0.3 is 11.9 Å². The van der Waals surface area contributed by atoms with Crippen molar-refractivity contribution in [3.8, 4) is 0 Å². The summed E-state index contributed by atoms with van der Waals surface area (Å²) in [5.41, 5.74) is 0. The second-order valence-electron chi connectivity index (χ2n) is 3.25. The van der Waals surface area contributed by atoms with E-state index in [0.717, 1.165) is 0 Å². The van der Waals surface area contributed by atoms with Crippen molar-refractivity contribution in [1.29, 1.82) is 0 Å². The van der Waals surface area contributed by atoms with E-state index in [1.54, 1.807) is 26.0 Å². The van der Waals surface area contributed by atoms with Crippen LogP contribution in [0.3, 0.4) is 0 Å². The quantitative estimate of drug-likeness (QED) is 0.533. The molecule has 6 nitrogen and oxygen atoms in total. The number of carboxylic acid groups (broad SMARTS) is 2. The Balaban J connectivity index is 0. The lowest BCUT2D eigenvalue weighted by Crippen LogP contribution is -2.04. The highest BCUT2D eigenvalue weighted by Crippen LogP contribution is 2.08. The van der Waals surface area contributed by atoms with Crippen LogP contribution in [0.25, 0.3) is 0 Å². The lowest BCUT2D eigenvalue weighted by molar-refractivity contribution is -0.137. The highest BCUT2D eigenvalue weighted by atomic mass is 16.4. The fourth-order valence-electron chi connectivity index (χ4n) is 0.661. The molecule has 0 aromatic heterocycles. The monoisotopic (exact) mass is 248 g/mol. The maximum atomic E-state index is 9.37. The Hall–Kier alpha value is -1.40. The summed E-state index contributed by atoms with van der Waals surface area (Å²) in [5, 5.41) is 32.8. The van der Waals surface area contributed by atoms with Crippen molar-refractivity contribution in [2.24, 2.45) is 0 Å². The average molecular weight is 248 g/mol. The summed E-state index contributed by atoms with van der Waals surface area (Å²) in [6, 6.07) is 0. The molecule has 6 heteroatoms. The third kappa shape index (κ3) is 17.2. The van der Waals surface area contributed by atoms with Crippen molar-refractivity contribution in [3.05, 3.63) is 12.2 Å². The molecule has 100 valence electrons. The first-order chi connectivity index (χ1) is 7.83. The van der Waals surface area contributed by atoms with Crippen molar-refractivity contribution in [2.45, 2.75) is 45.3 Å². The molecule has 0 aliphatic heterocycles. The van der Waals surface area contributed by atoms with E-state index in [4.69, 9.17) is 20.4 Å². The highest BCUT2D eigenvalue weighted by Gasteiger charge is 2.11. The molecule has 0 heterocycles. The number of carboxylic acids is 2. The second kappa shape index (κ2) is 11.1. The molecule has 1 rings (SSSR count). The van der Waals surface area contributed by atoms with Gasteiger partial charge in [0.25, 0.3) is 0 Å². The van der Waals surface area contributed by atoms with Crippen LogP contribution in [0.2, 0.25) is 0 Å². The minimum Gasteiger partial charge on any atom is -0.481 e. The van der Waals surface area contributed by atoms with Crippen molar-refractivity contribution in [3.63, 3.8) is 0 Å². The standard InChI is InChI=1S/C5H8O2.2C3H6O2/c6-4-1-2-5(7)3-4;2*1-2-3(4)5/h1-2,4-7H,3H2;2*2H2,1H3,(H,4,5). The first kappa shape index (κ1) is 18.0. The van der Waals surface area contributed by atoms with E-state index >= 15 is 0 Å². The summed E-state index contributed by atoms with van der Waals surface area (Å²) in [4.78, 5) is 18.7. The molecular formula is C11H20O6. The van der Waals surface area contributed by atoms with Crippen LogP contribution in [0.15, 0.2) is 12.2 Å². The summed E-state index contributed by atoms with van der Waals surface area (Å²) in [6.07, 6.45) is 3.31. The van der Waals surface area contributed by atoms with Gasteiger partial charge in [-0.25, -0.2) is 0 Å². The topological polar surface area (TPSA) is 115 Å². The van der Waals surface area contributed by atoms with Crippen LogP contribution >= 0.6 is 0 Å². The molecular weight excluding hydrogens is 228 g/mol. The molecule has 0 bridgehead atoms. The van der Waals surface area contributed by atoms with Crippen molar-refractivity contribution in [1.82, 2.24) is 0 Å². The summed E-state index contributed by atoms with van der Waals surface area (Å²) in [5.74, 6) is -1.49. The normalized spacial score (nSPS) is 20.7. The van der Waals surface area contributed by atoms with E-state index in [1.165, 1.54) is 0 Å². The van der Waals surface area contributed by atoms with Crippen LogP contribution in [-0.4, -0.2) is 44.6 Å². The van der Waals surface area contributed by atoms with E-state index in [9.17, 15) is 9.59 Å². The van der Waals surface area contributed by atoms with Gasteiger partial charge in [-0.2, -0.15) is 0 Å². The SMILES string of the molecule is CCC(=O)O.CCC(=O)O.OC1C=CC(O)C1. The van der Waals surface area contributed by atoms with Crippen LogP contribution in [0, 0.1) is 0 Å². The Morgan fingerprint density at radius 2 is 1.24 bits per heavy atom. The van der Waals surface area contributed by atoms with Crippen LogP contribution in [-0.2, 0) is 9.59 Å². The first-order valence-corrected chi connectivity index (χ1v) is 5.31. The molecule has 0 aromatic carbocycles. The molecule has 0 spiro atoms. The molecule has 0 saturated heterocycles. The summed E-state index contributed by atoms with van der Waals surface area (Å²) in [6.45, 7) is 3.20. The Morgan fingerprint density at radius 3 is 1.29 bits per heavy atom. The Morgan fingerprint density at radius 1 is 1.00 bits per heavy atom. The third-order valence-electron chi connectivity index (χ3n) is 1.64. The summed E-state index contributed by atoms with van der Waals surface area (Å²) in [7, 11) is 0. The minimum absolute atomic E-state index is 0.222. The van der Waals surface area contributed by atoms with E-state index in [1.807, 2.05) is 0 Å². The zero-order valence-corrected chi connectivity index (χ0v) is 10.0. The van der Waals surface area contributed by atoms with Crippen LogP contribution < -0.4 is 0 Å². The summed E-state index contributed by atoms with van der Waals surface area (Å²) < 4.78 is 0. The van der Waals surface area contributed by atoms with Crippen LogP contribution in [0.1, 0.15) is 33.1 Å². The predicted molar refractivity (Wildman–Crippen MR) is 61.6 cm³/mol. The maximum Gasteiger partial charge on any atom is 0.303 e. The second-order valence-corrected chi connectivity index (χ2v) is 3.25. The van der Waals surface area contributed by atoms with Crippen molar-refractivity contribution >= 4 is 11.9 Å². The van der Waals surface area contributed by atoms with E-state index in [2.05, 4.69) is 0 Å². The lowest BCUT2D eigenvalue weighted by Gasteiger charge is -1.96. The first-order valence-electron chi connectivity index (χ1n) is 5.31. The molecule has 0 amide bonds. The molecule has 0 aromatic rings. The number of hydrogen-bond acceptors (Lipinski definition) is 4. The zero-order valence-electron chi connectivity index (χ0n) is 10.0. The van der Waals surface area contributed by atoms with Crippen molar-refractivity contribution < 1.29 is 30.0 Å². The van der Waals surface area contributed by atoms with Gasteiger partial charge in [-0.05, 0) is 0 Å². The molecule has 2 atom stereocenters. The van der Waals surface area contributed by atoms with Gasteiger partial charge in [0.2, 0.25) is 0 Å². The zero-order chi connectivity index (χ0) is 13.8. The average Bonchev–Trinajstić information content (AvgIpc) is 2.64. The largest absolute Gasteiger partial charge is 0.481 e. The van der Waals surface area contributed by atoms with Gasteiger partial charge in [0.1, 0.15) is 0 Å². The lowest BCUT2D eigenvalue weighted by atomic mass is 10.3. The van der Waals surface area contributed by atoms with Gasteiger partial charge in [0.15, 0.2) is 0 Å². The predicted octanol–water partition coefficient (Wildman–Crippen LogP) is 0.630. The number of aliphatic hydroxyl groups excluding tert-OH is 2. The molecule has 0 saturated carbocycles. The fraction of sp³-hybridized carbons (Fsp3) is 0.636. The molecule has 2 unspecified atom stereocenters. The van der Waals surface area contributed by atoms with Gasteiger partial charge in [0.05, 0.1) is 12.2 Å². The van der Waals surface area contributed by atoms with E-state index < -0.39 is 24.1 Å².